The van der Waals surface area contributed by atoms with E-state index >= 15 is 0 Å². The fourth-order valence-corrected chi connectivity index (χ4v) is 1.07. The highest BCUT2D eigenvalue weighted by Crippen LogP contribution is 2.30. The number of hydrogen-bond acceptors (Lipinski definition) is 6. The third-order valence-corrected chi connectivity index (χ3v) is 2.18. The first-order valence-electron chi connectivity index (χ1n) is 4.91. The van der Waals surface area contributed by atoms with E-state index in [4.69, 9.17) is 44.3 Å². The normalized spacial score (nSPS) is 17.3. The van der Waals surface area contributed by atoms with Crippen molar-refractivity contribution in [2.45, 2.75) is 0 Å². The van der Waals surface area contributed by atoms with Crippen LogP contribution < -0.4 is 5.32 Å². The summed E-state index contributed by atoms with van der Waals surface area (Å²) in [5.74, 6) is -7.30. The third-order valence-electron chi connectivity index (χ3n) is 2.18. The molecule has 2 heterocycles. The van der Waals surface area contributed by atoms with Crippen LogP contribution in [0.4, 0.5) is 0 Å². The van der Waals surface area contributed by atoms with E-state index in [0.717, 1.165) is 13.2 Å². The molecule has 0 atom stereocenters. The molecular weight excluding hydrogens is 266 g/mol. The molecule has 2 rings (SSSR count). The van der Waals surface area contributed by atoms with Crippen LogP contribution in [-0.2, 0) is 23.9 Å². The zero-order chi connectivity index (χ0) is 15.1. The van der Waals surface area contributed by atoms with E-state index in [1.165, 1.54) is 13.1 Å². The predicted octanol–water partition coefficient (Wildman–Crippen LogP) is -2.08. The van der Waals surface area contributed by atoms with E-state index in [-0.39, 0.29) is 0 Å². The molecule has 2 aliphatic heterocycles. The van der Waals surface area contributed by atoms with E-state index in [2.05, 4.69) is 5.32 Å². The fraction of sp³-hybridized carbons (Fsp3) is 0.556. The summed E-state index contributed by atoms with van der Waals surface area (Å²) < 4.78 is 5.04. The maximum Gasteiger partial charge on any atom is 0.414 e. The van der Waals surface area contributed by atoms with Gasteiger partial charge in [0.1, 0.15) is 0 Å². The summed E-state index contributed by atoms with van der Waals surface area (Å²) in [7, 11) is 0. The van der Waals surface area contributed by atoms with Gasteiger partial charge in [0.25, 0.3) is 0 Å². The molecule has 0 aromatic heterocycles. The molecule has 0 aliphatic carbocycles. The number of hydrogen-bond donors (Lipinski definition) is 5. The zero-order valence-corrected chi connectivity index (χ0v) is 9.66. The van der Waals surface area contributed by atoms with Gasteiger partial charge in [-0.05, 0) is 0 Å². The molecule has 0 aromatic carbocycles. The molecule has 0 amide bonds. The SMILES string of the molecule is C1NCC12COC2.O=C(O)C(=O)O.O=C(O)C(=O)O. The minimum absolute atomic E-state index is 0.611. The minimum atomic E-state index is -1.82. The Balaban J connectivity index is 0.000000258. The summed E-state index contributed by atoms with van der Waals surface area (Å²) >= 11 is 0. The van der Waals surface area contributed by atoms with Gasteiger partial charge < -0.3 is 30.5 Å². The topological polar surface area (TPSA) is 170 Å². The average Bonchev–Trinajstić information content (AvgIpc) is 2.14. The molecule has 1 spiro atoms. The number of carboxylic acid groups (broad SMARTS) is 4. The van der Waals surface area contributed by atoms with Gasteiger partial charge >= 0.3 is 23.9 Å². The Labute approximate surface area is 106 Å². The lowest BCUT2D eigenvalue weighted by atomic mass is 9.80. The molecule has 0 unspecified atom stereocenters. The van der Waals surface area contributed by atoms with Crippen molar-refractivity contribution in [1.29, 1.82) is 0 Å². The molecule has 0 saturated carbocycles. The maximum absolute atomic E-state index is 9.10. The van der Waals surface area contributed by atoms with Gasteiger partial charge in [-0.1, -0.05) is 0 Å². The second-order valence-electron chi connectivity index (χ2n) is 3.82. The number of carboxylic acids is 4. The summed E-state index contributed by atoms with van der Waals surface area (Å²) in [6, 6.07) is 0. The number of rotatable bonds is 0. The highest BCUT2D eigenvalue weighted by molar-refractivity contribution is 6.27. The van der Waals surface area contributed by atoms with Crippen molar-refractivity contribution in [3.8, 4) is 0 Å². The molecule has 0 bridgehead atoms. The molecule has 19 heavy (non-hydrogen) atoms. The van der Waals surface area contributed by atoms with Gasteiger partial charge in [0.2, 0.25) is 0 Å². The quantitative estimate of drug-likeness (QED) is 0.310. The van der Waals surface area contributed by atoms with Crippen LogP contribution in [0.3, 0.4) is 0 Å². The highest BCUT2D eigenvalue weighted by atomic mass is 16.5. The molecule has 2 saturated heterocycles. The molecular formula is C9H13NO9. The van der Waals surface area contributed by atoms with E-state index in [9.17, 15) is 0 Å². The van der Waals surface area contributed by atoms with Crippen LogP contribution in [0.1, 0.15) is 0 Å². The molecule has 2 fully saturated rings. The Bertz CT molecular complexity index is 306. The number of carbonyl (C=O) groups is 4. The molecule has 10 nitrogen and oxygen atoms in total. The van der Waals surface area contributed by atoms with Crippen molar-refractivity contribution in [3.63, 3.8) is 0 Å². The maximum atomic E-state index is 9.10. The summed E-state index contributed by atoms with van der Waals surface area (Å²) in [6.07, 6.45) is 0. The van der Waals surface area contributed by atoms with Crippen LogP contribution in [0.25, 0.3) is 0 Å². The van der Waals surface area contributed by atoms with E-state index in [1.54, 1.807) is 0 Å². The first-order valence-corrected chi connectivity index (χ1v) is 4.91. The Hall–Kier alpha value is -2.20. The summed E-state index contributed by atoms with van der Waals surface area (Å²) in [5.41, 5.74) is 0.611. The van der Waals surface area contributed by atoms with Crippen molar-refractivity contribution in [3.05, 3.63) is 0 Å². The molecule has 108 valence electrons. The standard InChI is InChI=1S/C5H9NO.2C2H2O4/c1-5(2-6-1)3-7-4-5;2*3-1(4)2(5)6/h6H,1-4H2;2*(H,3,4)(H,5,6). The number of ether oxygens (including phenoxy) is 1. The number of aliphatic carboxylic acids is 4. The van der Waals surface area contributed by atoms with Gasteiger partial charge in [-0.3, -0.25) is 0 Å². The summed E-state index contributed by atoms with van der Waals surface area (Å²) in [4.78, 5) is 36.4. The molecule has 2 aliphatic rings. The smallest absolute Gasteiger partial charge is 0.414 e. The predicted molar refractivity (Wildman–Crippen MR) is 56.7 cm³/mol. The zero-order valence-electron chi connectivity index (χ0n) is 9.66. The third kappa shape index (κ3) is 6.33. The van der Waals surface area contributed by atoms with Crippen LogP contribution in [-0.4, -0.2) is 70.6 Å². The first-order chi connectivity index (χ1) is 8.70. The molecule has 5 N–H and O–H groups in total. The van der Waals surface area contributed by atoms with Crippen molar-refractivity contribution in [2.75, 3.05) is 26.3 Å². The van der Waals surface area contributed by atoms with E-state index in [0.29, 0.717) is 5.41 Å². The summed E-state index contributed by atoms with van der Waals surface area (Å²) in [5, 5.41) is 32.8. The van der Waals surface area contributed by atoms with E-state index < -0.39 is 23.9 Å². The Morgan fingerprint density at radius 1 is 0.789 bits per heavy atom. The Kier molecular flexibility index (Phi) is 6.44. The lowest BCUT2D eigenvalue weighted by Gasteiger charge is -2.48. The van der Waals surface area contributed by atoms with Gasteiger partial charge in [-0.15, -0.1) is 0 Å². The molecule has 0 aromatic rings. The minimum Gasteiger partial charge on any atom is -0.473 e. The second kappa shape index (κ2) is 7.28. The van der Waals surface area contributed by atoms with Crippen LogP contribution in [0.2, 0.25) is 0 Å². The van der Waals surface area contributed by atoms with E-state index in [1.807, 2.05) is 0 Å². The Morgan fingerprint density at radius 2 is 1.11 bits per heavy atom. The second-order valence-corrected chi connectivity index (χ2v) is 3.82. The fourth-order valence-electron chi connectivity index (χ4n) is 1.07. The highest BCUT2D eigenvalue weighted by Gasteiger charge is 2.43. The average molecular weight is 279 g/mol. The van der Waals surface area contributed by atoms with Crippen molar-refractivity contribution in [1.82, 2.24) is 5.32 Å². The Morgan fingerprint density at radius 3 is 1.11 bits per heavy atom. The van der Waals surface area contributed by atoms with Crippen molar-refractivity contribution < 1.29 is 44.3 Å². The van der Waals surface area contributed by atoms with Crippen molar-refractivity contribution in [2.24, 2.45) is 5.41 Å². The van der Waals surface area contributed by atoms with Gasteiger partial charge in [-0.2, -0.15) is 0 Å². The first kappa shape index (κ1) is 16.8. The molecule has 10 heteroatoms. The summed E-state index contributed by atoms with van der Waals surface area (Å²) in [6.45, 7) is 4.38. The van der Waals surface area contributed by atoms with Crippen LogP contribution in [0, 0.1) is 5.41 Å². The van der Waals surface area contributed by atoms with Gasteiger partial charge in [-0.25, -0.2) is 19.2 Å². The lowest BCUT2D eigenvalue weighted by molar-refractivity contribution is -0.159. The van der Waals surface area contributed by atoms with Crippen LogP contribution in [0.5, 0.6) is 0 Å². The van der Waals surface area contributed by atoms with Crippen LogP contribution >= 0.6 is 0 Å². The molecule has 0 radical (unpaired) electrons. The van der Waals surface area contributed by atoms with Gasteiger partial charge in [0.05, 0.1) is 13.2 Å². The largest absolute Gasteiger partial charge is 0.473 e. The van der Waals surface area contributed by atoms with Crippen LogP contribution in [0.15, 0.2) is 0 Å². The van der Waals surface area contributed by atoms with Crippen molar-refractivity contribution >= 4 is 23.9 Å². The monoisotopic (exact) mass is 279 g/mol. The lowest BCUT2D eigenvalue weighted by Crippen LogP contribution is -2.64. The van der Waals surface area contributed by atoms with Gasteiger partial charge in [0.15, 0.2) is 0 Å². The van der Waals surface area contributed by atoms with Gasteiger partial charge in [0, 0.05) is 18.5 Å². The number of nitrogens with one attached hydrogen (secondary N) is 1.